The van der Waals surface area contributed by atoms with E-state index in [0.717, 1.165) is 17.0 Å². The first-order chi connectivity index (χ1) is 14.3. The van der Waals surface area contributed by atoms with Crippen molar-refractivity contribution in [2.24, 2.45) is 4.99 Å². The molecule has 2 aromatic carbocycles. The van der Waals surface area contributed by atoms with Gasteiger partial charge in [0.25, 0.3) is 0 Å². The Morgan fingerprint density at radius 2 is 1.87 bits per heavy atom. The molecule has 0 aliphatic rings. The minimum absolute atomic E-state index is 0. The van der Waals surface area contributed by atoms with E-state index in [2.05, 4.69) is 15.6 Å². The average molecular weight is 542 g/mol. The second-order valence-corrected chi connectivity index (χ2v) is 7.39. The normalized spacial score (nSPS) is 11.0. The zero-order chi connectivity index (χ0) is 21.9. The topological polar surface area (TPSA) is 66.0 Å². The number of carbonyl (C=O) groups excluding carboxylic acids is 1. The van der Waals surface area contributed by atoms with Gasteiger partial charge in [-0.2, -0.15) is 0 Å². The number of rotatable bonds is 9. The van der Waals surface area contributed by atoms with Crippen LogP contribution in [0.1, 0.15) is 25.8 Å². The molecule has 0 saturated heterocycles. The van der Waals surface area contributed by atoms with E-state index in [0.29, 0.717) is 31.9 Å². The van der Waals surface area contributed by atoms with Gasteiger partial charge in [0.1, 0.15) is 11.6 Å². The van der Waals surface area contributed by atoms with Gasteiger partial charge in [-0.15, -0.1) is 24.0 Å². The van der Waals surface area contributed by atoms with Crippen LogP contribution in [0.25, 0.3) is 0 Å². The molecule has 0 fully saturated rings. The number of hydrogen-bond donors (Lipinski definition) is 2. The standard InChI is InChI=1S/C23H31FN4O2.HI/c1-17(2)30-21-10-8-20(9-11-21)27-23(26-15-13-22(29)28(3)4)25-14-12-18-6-5-7-19(24)16-18;/h5-11,16-17H,12-15H2,1-4H3,(H2,25,26,27);1H. The summed E-state index contributed by atoms with van der Waals surface area (Å²) in [5.74, 6) is 1.14. The minimum Gasteiger partial charge on any atom is -0.491 e. The van der Waals surface area contributed by atoms with E-state index < -0.39 is 0 Å². The lowest BCUT2D eigenvalue weighted by Gasteiger charge is -2.15. The molecule has 0 unspecified atom stereocenters. The number of nitrogens with zero attached hydrogens (tertiary/aromatic N) is 2. The number of guanidine groups is 1. The third kappa shape index (κ3) is 10.5. The lowest BCUT2D eigenvalue weighted by molar-refractivity contribution is -0.128. The maximum Gasteiger partial charge on any atom is 0.223 e. The van der Waals surface area contributed by atoms with Gasteiger partial charge in [-0.3, -0.25) is 9.79 Å². The SMILES string of the molecule is CC(C)Oc1ccc(NC(=NCCC(=O)N(C)C)NCCc2cccc(F)c2)cc1.I. The molecular weight excluding hydrogens is 510 g/mol. The smallest absolute Gasteiger partial charge is 0.223 e. The van der Waals surface area contributed by atoms with Crippen molar-refractivity contribution < 1.29 is 13.9 Å². The van der Waals surface area contributed by atoms with Gasteiger partial charge in [0.2, 0.25) is 5.91 Å². The lowest BCUT2D eigenvalue weighted by Crippen LogP contribution is -2.33. The molecule has 0 radical (unpaired) electrons. The van der Waals surface area contributed by atoms with Gasteiger partial charge < -0.3 is 20.3 Å². The van der Waals surface area contributed by atoms with Crippen LogP contribution >= 0.6 is 24.0 Å². The van der Waals surface area contributed by atoms with Crippen molar-refractivity contribution in [2.75, 3.05) is 32.5 Å². The monoisotopic (exact) mass is 542 g/mol. The summed E-state index contributed by atoms with van der Waals surface area (Å²) in [6.45, 7) is 4.90. The van der Waals surface area contributed by atoms with Crippen LogP contribution < -0.4 is 15.4 Å². The van der Waals surface area contributed by atoms with Crippen molar-refractivity contribution in [1.82, 2.24) is 10.2 Å². The van der Waals surface area contributed by atoms with Crippen LogP contribution in [-0.2, 0) is 11.2 Å². The first-order valence-corrected chi connectivity index (χ1v) is 10.1. The Morgan fingerprint density at radius 3 is 2.48 bits per heavy atom. The van der Waals surface area contributed by atoms with Gasteiger partial charge in [-0.05, 0) is 62.2 Å². The van der Waals surface area contributed by atoms with E-state index in [1.165, 1.54) is 12.1 Å². The van der Waals surface area contributed by atoms with Crippen molar-refractivity contribution in [1.29, 1.82) is 0 Å². The largest absolute Gasteiger partial charge is 0.491 e. The molecule has 0 heterocycles. The number of amides is 1. The molecular formula is C23H32FIN4O2. The zero-order valence-electron chi connectivity index (χ0n) is 18.5. The quantitative estimate of drug-likeness (QED) is 0.282. The summed E-state index contributed by atoms with van der Waals surface area (Å²) in [6, 6.07) is 14.1. The van der Waals surface area contributed by atoms with E-state index >= 15 is 0 Å². The lowest BCUT2D eigenvalue weighted by atomic mass is 10.1. The van der Waals surface area contributed by atoms with Crippen LogP contribution in [0.4, 0.5) is 10.1 Å². The van der Waals surface area contributed by atoms with Gasteiger partial charge in [0, 0.05) is 32.7 Å². The van der Waals surface area contributed by atoms with E-state index in [4.69, 9.17) is 4.74 Å². The highest BCUT2D eigenvalue weighted by atomic mass is 127. The molecule has 6 nitrogen and oxygen atoms in total. The number of hydrogen-bond acceptors (Lipinski definition) is 3. The summed E-state index contributed by atoms with van der Waals surface area (Å²) in [6.07, 6.45) is 1.08. The Kier molecular flexibility index (Phi) is 11.9. The number of carbonyl (C=O) groups is 1. The molecule has 0 aromatic heterocycles. The number of aliphatic imine (C=N–C) groups is 1. The molecule has 0 aliphatic carbocycles. The predicted octanol–water partition coefficient (Wildman–Crippen LogP) is 4.31. The van der Waals surface area contributed by atoms with Crippen molar-refractivity contribution in [3.8, 4) is 5.75 Å². The Morgan fingerprint density at radius 1 is 1.16 bits per heavy atom. The highest BCUT2D eigenvalue weighted by Crippen LogP contribution is 2.16. The maximum atomic E-state index is 13.4. The van der Waals surface area contributed by atoms with Crippen LogP contribution in [0.2, 0.25) is 0 Å². The molecule has 31 heavy (non-hydrogen) atoms. The second kappa shape index (κ2) is 13.8. The summed E-state index contributed by atoms with van der Waals surface area (Å²) in [5, 5.41) is 6.49. The molecule has 170 valence electrons. The van der Waals surface area contributed by atoms with Crippen LogP contribution in [0.3, 0.4) is 0 Å². The molecule has 0 bridgehead atoms. The van der Waals surface area contributed by atoms with Crippen LogP contribution in [0.5, 0.6) is 5.75 Å². The molecule has 0 aliphatic heterocycles. The average Bonchev–Trinajstić information content (AvgIpc) is 2.68. The molecule has 8 heteroatoms. The molecule has 0 spiro atoms. The van der Waals surface area contributed by atoms with Crippen molar-refractivity contribution in [3.63, 3.8) is 0 Å². The Bertz CT molecular complexity index is 842. The molecule has 2 N–H and O–H groups in total. The van der Waals surface area contributed by atoms with Gasteiger partial charge in [0.15, 0.2) is 5.96 Å². The molecule has 2 aromatic rings. The first kappa shape index (κ1) is 26.7. The fourth-order valence-corrected chi connectivity index (χ4v) is 2.67. The van der Waals surface area contributed by atoms with Gasteiger partial charge >= 0.3 is 0 Å². The second-order valence-electron chi connectivity index (χ2n) is 7.39. The molecule has 1 amide bonds. The fourth-order valence-electron chi connectivity index (χ4n) is 2.67. The van der Waals surface area contributed by atoms with Crippen molar-refractivity contribution in [2.45, 2.75) is 32.8 Å². The zero-order valence-corrected chi connectivity index (χ0v) is 20.9. The van der Waals surface area contributed by atoms with E-state index in [-0.39, 0.29) is 41.8 Å². The Balaban J connectivity index is 0.00000480. The van der Waals surface area contributed by atoms with E-state index in [1.807, 2.05) is 44.2 Å². The number of benzene rings is 2. The van der Waals surface area contributed by atoms with Crippen LogP contribution in [0, 0.1) is 5.82 Å². The van der Waals surface area contributed by atoms with E-state index in [1.54, 1.807) is 25.1 Å². The third-order valence-corrected chi connectivity index (χ3v) is 4.18. The number of nitrogens with one attached hydrogen (secondary N) is 2. The minimum atomic E-state index is -0.245. The number of ether oxygens (including phenoxy) is 1. The van der Waals surface area contributed by atoms with Gasteiger partial charge in [-0.1, -0.05) is 12.1 Å². The summed E-state index contributed by atoms with van der Waals surface area (Å²) in [5.41, 5.74) is 1.75. The molecule has 0 atom stereocenters. The third-order valence-electron chi connectivity index (χ3n) is 4.18. The van der Waals surface area contributed by atoms with Gasteiger partial charge in [-0.25, -0.2) is 4.39 Å². The van der Waals surface area contributed by atoms with Crippen molar-refractivity contribution in [3.05, 3.63) is 59.9 Å². The summed E-state index contributed by atoms with van der Waals surface area (Å²) in [7, 11) is 3.45. The number of halogens is 2. The maximum absolute atomic E-state index is 13.4. The summed E-state index contributed by atoms with van der Waals surface area (Å²) in [4.78, 5) is 17.9. The molecule has 0 saturated carbocycles. The highest BCUT2D eigenvalue weighted by Gasteiger charge is 2.06. The Labute approximate surface area is 201 Å². The van der Waals surface area contributed by atoms with Crippen LogP contribution in [0.15, 0.2) is 53.5 Å². The highest BCUT2D eigenvalue weighted by molar-refractivity contribution is 14.0. The Hall–Kier alpha value is -2.36. The number of anilines is 1. The van der Waals surface area contributed by atoms with Crippen molar-refractivity contribution >= 4 is 41.5 Å². The van der Waals surface area contributed by atoms with E-state index in [9.17, 15) is 9.18 Å². The predicted molar refractivity (Wildman–Crippen MR) is 135 cm³/mol. The summed E-state index contributed by atoms with van der Waals surface area (Å²) >= 11 is 0. The molecule has 2 rings (SSSR count). The first-order valence-electron chi connectivity index (χ1n) is 10.1. The van der Waals surface area contributed by atoms with Crippen LogP contribution in [-0.4, -0.2) is 50.1 Å². The van der Waals surface area contributed by atoms with Gasteiger partial charge in [0.05, 0.1) is 12.6 Å². The fraction of sp³-hybridized carbons (Fsp3) is 0.391. The summed E-state index contributed by atoms with van der Waals surface area (Å²) < 4.78 is 19.0.